The minimum Gasteiger partial charge on any atom is -0.353 e. The molecule has 4 heteroatoms. The monoisotopic (exact) mass is 288 g/mol. The number of rotatable bonds is 5. The normalized spacial score (nSPS) is 21.5. The van der Waals surface area contributed by atoms with Crippen molar-refractivity contribution in [1.29, 1.82) is 0 Å². The van der Waals surface area contributed by atoms with Gasteiger partial charge in [-0.15, -0.1) is 0 Å². The van der Waals surface area contributed by atoms with E-state index >= 15 is 0 Å². The van der Waals surface area contributed by atoms with Crippen LogP contribution >= 0.6 is 0 Å². The Kier molecular flexibility index (Phi) is 4.66. The van der Waals surface area contributed by atoms with Crippen LogP contribution in [0.3, 0.4) is 0 Å². The highest BCUT2D eigenvalue weighted by atomic mass is 16.2. The molecule has 3 atom stereocenters. The Bertz CT molecular complexity index is 554. The van der Waals surface area contributed by atoms with E-state index in [4.69, 9.17) is 0 Å². The lowest BCUT2D eigenvalue weighted by Gasteiger charge is -2.11. The summed E-state index contributed by atoms with van der Waals surface area (Å²) in [5.74, 6) is -0.395. The highest BCUT2D eigenvalue weighted by molar-refractivity contribution is 5.99. The summed E-state index contributed by atoms with van der Waals surface area (Å²) in [7, 11) is 0. The van der Waals surface area contributed by atoms with Crippen LogP contribution < -0.4 is 10.6 Å². The third kappa shape index (κ3) is 3.84. The third-order valence-corrected chi connectivity index (χ3v) is 4.24. The predicted octanol–water partition coefficient (Wildman–Crippen LogP) is 2.79. The van der Waals surface area contributed by atoms with Gasteiger partial charge in [-0.3, -0.25) is 9.59 Å². The van der Waals surface area contributed by atoms with Crippen LogP contribution in [0.25, 0.3) is 0 Å². The maximum atomic E-state index is 12.2. The van der Waals surface area contributed by atoms with Crippen molar-refractivity contribution in [3.05, 3.63) is 29.3 Å². The van der Waals surface area contributed by atoms with E-state index in [-0.39, 0.29) is 29.7 Å². The summed E-state index contributed by atoms with van der Waals surface area (Å²) in [5.41, 5.74) is 3.15. The molecular formula is C17H24N2O2. The van der Waals surface area contributed by atoms with E-state index in [2.05, 4.69) is 10.6 Å². The molecule has 1 aromatic carbocycles. The first-order chi connectivity index (χ1) is 9.92. The smallest absolute Gasteiger partial charge is 0.228 e. The highest BCUT2D eigenvalue weighted by Crippen LogP contribution is 2.39. The van der Waals surface area contributed by atoms with Crippen LogP contribution in [-0.2, 0) is 9.59 Å². The molecule has 21 heavy (non-hydrogen) atoms. The van der Waals surface area contributed by atoms with E-state index in [1.807, 2.05) is 45.9 Å². The minimum atomic E-state index is -0.185. The van der Waals surface area contributed by atoms with Gasteiger partial charge in [-0.25, -0.2) is 0 Å². The van der Waals surface area contributed by atoms with Gasteiger partial charge in [-0.1, -0.05) is 13.0 Å². The molecular weight excluding hydrogens is 264 g/mol. The standard InChI is InChI=1S/C17H24N2O2/c1-5-12(4)18-16(20)14-9-15(14)17(21)19-13-7-6-10(2)11(3)8-13/h6-8,12,14-15H,5,9H2,1-4H3,(H,18,20)(H,19,21). The molecule has 0 spiro atoms. The number of carbonyl (C=O) groups is 2. The van der Waals surface area contributed by atoms with Crippen LogP contribution in [0.5, 0.6) is 0 Å². The fourth-order valence-corrected chi connectivity index (χ4v) is 2.28. The highest BCUT2D eigenvalue weighted by Gasteiger charge is 2.48. The van der Waals surface area contributed by atoms with E-state index < -0.39 is 0 Å². The van der Waals surface area contributed by atoms with Crippen molar-refractivity contribution >= 4 is 17.5 Å². The summed E-state index contributed by atoms with van der Waals surface area (Å²) in [5, 5.41) is 5.84. The number of hydrogen-bond donors (Lipinski definition) is 2. The predicted molar refractivity (Wildman–Crippen MR) is 84.0 cm³/mol. The first-order valence-corrected chi connectivity index (χ1v) is 7.60. The van der Waals surface area contributed by atoms with E-state index in [0.29, 0.717) is 6.42 Å². The molecule has 0 heterocycles. The van der Waals surface area contributed by atoms with Crippen molar-refractivity contribution in [2.75, 3.05) is 5.32 Å². The Morgan fingerprint density at radius 3 is 2.48 bits per heavy atom. The molecule has 2 rings (SSSR count). The first kappa shape index (κ1) is 15.5. The average molecular weight is 288 g/mol. The van der Waals surface area contributed by atoms with Gasteiger partial charge >= 0.3 is 0 Å². The Morgan fingerprint density at radius 1 is 1.19 bits per heavy atom. The van der Waals surface area contributed by atoms with Crippen molar-refractivity contribution in [2.24, 2.45) is 11.8 Å². The van der Waals surface area contributed by atoms with Crippen LogP contribution in [0.2, 0.25) is 0 Å². The Morgan fingerprint density at radius 2 is 1.86 bits per heavy atom. The Labute approximate surface area is 126 Å². The van der Waals surface area contributed by atoms with Gasteiger partial charge in [0.25, 0.3) is 0 Å². The topological polar surface area (TPSA) is 58.2 Å². The van der Waals surface area contributed by atoms with Crippen LogP contribution in [0.1, 0.15) is 37.8 Å². The van der Waals surface area contributed by atoms with Crippen molar-refractivity contribution in [1.82, 2.24) is 5.32 Å². The SMILES string of the molecule is CCC(C)NC(=O)C1CC1C(=O)Nc1ccc(C)c(C)c1. The zero-order chi connectivity index (χ0) is 15.6. The Balaban J connectivity index is 1.88. The molecule has 1 fully saturated rings. The lowest BCUT2D eigenvalue weighted by atomic mass is 10.1. The molecule has 1 aliphatic carbocycles. The van der Waals surface area contributed by atoms with Gasteiger partial charge in [-0.05, 0) is 56.9 Å². The van der Waals surface area contributed by atoms with Crippen LogP contribution in [-0.4, -0.2) is 17.9 Å². The zero-order valence-electron chi connectivity index (χ0n) is 13.2. The van der Waals surface area contributed by atoms with Crippen LogP contribution in [0, 0.1) is 25.7 Å². The molecule has 0 saturated heterocycles. The van der Waals surface area contributed by atoms with E-state index in [1.165, 1.54) is 5.56 Å². The second-order valence-electron chi connectivity index (χ2n) is 6.05. The van der Waals surface area contributed by atoms with Crippen molar-refractivity contribution in [2.45, 2.75) is 46.6 Å². The summed E-state index contributed by atoms with van der Waals surface area (Å²) >= 11 is 0. The summed E-state index contributed by atoms with van der Waals surface area (Å²) in [4.78, 5) is 24.1. The van der Waals surface area contributed by atoms with E-state index in [0.717, 1.165) is 17.7 Å². The molecule has 1 saturated carbocycles. The van der Waals surface area contributed by atoms with Crippen molar-refractivity contribution < 1.29 is 9.59 Å². The summed E-state index contributed by atoms with van der Waals surface area (Å²) in [6, 6.07) is 6.02. The molecule has 0 aliphatic heterocycles. The number of nitrogens with one attached hydrogen (secondary N) is 2. The summed E-state index contributed by atoms with van der Waals surface area (Å²) < 4.78 is 0. The molecule has 1 aliphatic rings. The lowest BCUT2D eigenvalue weighted by Crippen LogP contribution is -2.34. The number of hydrogen-bond acceptors (Lipinski definition) is 2. The zero-order valence-corrected chi connectivity index (χ0v) is 13.2. The number of aryl methyl sites for hydroxylation is 2. The molecule has 0 aromatic heterocycles. The lowest BCUT2D eigenvalue weighted by molar-refractivity contribution is -0.125. The summed E-state index contributed by atoms with van der Waals surface area (Å²) in [6.45, 7) is 8.06. The van der Waals surface area contributed by atoms with Gasteiger partial charge in [0.2, 0.25) is 11.8 Å². The molecule has 114 valence electrons. The number of anilines is 1. The second-order valence-corrected chi connectivity index (χ2v) is 6.05. The maximum absolute atomic E-state index is 12.2. The number of amides is 2. The molecule has 4 nitrogen and oxygen atoms in total. The average Bonchev–Trinajstić information content (AvgIpc) is 3.23. The number of benzene rings is 1. The maximum Gasteiger partial charge on any atom is 0.228 e. The third-order valence-electron chi connectivity index (χ3n) is 4.24. The second kappa shape index (κ2) is 6.29. The van der Waals surface area contributed by atoms with E-state index in [1.54, 1.807) is 0 Å². The molecule has 0 radical (unpaired) electrons. The Hall–Kier alpha value is -1.84. The largest absolute Gasteiger partial charge is 0.353 e. The first-order valence-electron chi connectivity index (χ1n) is 7.60. The molecule has 2 amide bonds. The summed E-state index contributed by atoms with van der Waals surface area (Å²) in [6.07, 6.45) is 1.55. The van der Waals surface area contributed by atoms with Gasteiger partial charge in [0.05, 0.1) is 11.8 Å². The van der Waals surface area contributed by atoms with Crippen molar-refractivity contribution in [3.63, 3.8) is 0 Å². The molecule has 1 aromatic rings. The van der Waals surface area contributed by atoms with Gasteiger partial charge in [-0.2, -0.15) is 0 Å². The van der Waals surface area contributed by atoms with Crippen LogP contribution in [0.4, 0.5) is 5.69 Å². The molecule has 2 N–H and O–H groups in total. The molecule has 3 unspecified atom stereocenters. The fourth-order valence-electron chi connectivity index (χ4n) is 2.28. The number of carbonyl (C=O) groups excluding carboxylic acids is 2. The van der Waals surface area contributed by atoms with Gasteiger partial charge < -0.3 is 10.6 Å². The van der Waals surface area contributed by atoms with Gasteiger partial charge in [0.15, 0.2) is 0 Å². The quantitative estimate of drug-likeness (QED) is 0.875. The fraction of sp³-hybridized carbons (Fsp3) is 0.529. The molecule has 0 bridgehead atoms. The van der Waals surface area contributed by atoms with Gasteiger partial charge in [0.1, 0.15) is 0 Å². The van der Waals surface area contributed by atoms with Crippen molar-refractivity contribution in [3.8, 4) is 0 Å². The van der Waals surface area contributed by atoms with Crippen LogP contribution in [0.15, 0.2) is 18.2 Å². The van der Waals surface area contributed by atoms with E-state index in [9.17, 15) is 9.59 Å². The minimum absolute atomic E-state index is 0.00425. The van der Waals surface area contributed by atoms with Gasteiger partial charge in [0, 0.05) is 11.7 Å².